The van der Waals surface area contributed by atoms with Gasteiger partial charge in [0, 0.05) is 18.3 Å². The SMILES string of the molecule is O=C1Nc2cc([N+](=O)[O-])ccc2Nc2ncccc21. The Kier molecular flexibility index (Phi) is 2.38. The lowest BCUT2D eigenvalue weighted by Gasteiger charge is -2.06. The summed E-state index contributed by atoms with van der Waals surface area (Å²) in [6.07, 6.45) is 1.56. The van der Waals surface area contributed by atoms with Gasteiger partial charge in [0.15, 0.2) is 0 Å². The fraction of sp³-hybridized carbons (Fsp3) is 0. The third-order valence-corrected chi connectivity index (χ3v) is 2.77. The van der Waals surface area contributed by atoms with E-state index in [-0.39, 0.29) is 11.6 Å². The van der Waals surface area contributed by atoms with Gasteiger partial charge in [0.25, 0.3) is 11.6 Å². The van der Waals surface area contributed by atoms with Crippen molar-refractivity contribution < 1.29 is 9.72 Å². The fourth-order valence-corrected chi connectivity index (χ4v) is 1.86. The first kappa shape index (κ1) is 11.1. The molecule has 1 aromatic carbocycles. The zero-order valence-electron chi connectivity index (χ0n) is 9.58. The lowest BCUT2D eigenvalue weighted by atomic mass is 10.2. The Morgan fingerprint density at radius 3 is 2.79 bits per heavy atom. The van der Waals surface area contributed by atoms with Crippen LogP contribution in [0.15, 0.2) is 36.5 Å². The van der Waals surface area contributed by atoms with Gasteiger partial charge in [-0.2, -0.15) is 0 Å². The summed E-state index contributed by atoms with van der Waals surface area (Å²) in [6.45, 7) is 0. The van der Waals surface area contributed by atoms with E-state index in [1.807, 2.05) is 0 Å². The largest absolute Gasteiger partial charge is 0.338 e. The Balaban J connectivity index is 2.12. The molecule has 2 N–H and O–H groups in total. The summed E-state index contributed by atoms with van der Waals surface area (Å²) in [5, 5.41) is 16.3. The summed E-state index contributed by atoms with van der Waals surface area (Å²) < 4.78 is 0. The van der Waals surface area contributed by atoms with Crippen LogP contribution < -0.4 is 10.6 Å². The highest BCUT2D eigenvalue weighted by atomic mass is 16.6. The number of benzene rings is 1. The molecular weight excluding hydrogens is 248 g/mol. The van der Waals surface area contributed by atoms with Crippen LogP contribution in [-0.2, 0) is 0 Å². The number of fused-ring (bicyclic) bond motifs is 2. The van der Waals surface area contributed by atoms with Crippen molar-refractivity contribution in [3.05, 3.63) is 52.2 Å². The van der Waals surface area contributed by atoms with E-state index >= 15 is 0 Å². The number of nitrogens with one attached hydrogen (secondary N) is 2. The molecular formula is C12H8N4O3. The number of amides is 1. The molecule has 0 spiro atoms. The van der Waals surface area contributed by atoms with E-state index in [2.05, 4.69) is 15.6 Å². The van der Waals surface area contributed by atoms with E-state index in [0.29, 0.717) is 22.8 Å². The van der Waals surface area contributed by atoms with Crippen LogP contribution in [0.4, 0.5) is 22.9 Å². The van der Waals surface area contributed by atoms with Gasteiger partial charge in [0.05, 0.1) is 21.9 Å². The van der Waals surface area contributed by atoms with Gasteiger partial charge in [-0.15, -0.1) is 0 Å². The van der Waals surface area contributed by atoms with E-state index in [9.17, 15) is 14.9 Å². The van der Waals surface area contributed by atoms with Gasteiger partial charge >= 0.3 is 0 Å². The highest BCUT2D eigenvalue weighted by Crippen LogP contribution is 2.33. The molecule has 94 valence electrons. The maximum Gasteiger partial charge on any atom is 0.271 e. The monoisotopic (exact) mass is 256 g/mol. The molecule has 0 radical (unpaired) electrons. The van der Waals surface area contributed by atoms with Gasteiger partial charge in [-0.05, 0) is 18.2 Å². The number of carbonyl (C=O) groups excluding carboxylic acids is 1. The Labute approximate surface area is 107 Å². The smallest absolute Gasteiger partial charge is 0.271 e. The molecule has 0 bridgehead atoms. The van der Waals surface area contributed by atoms with Crippen LogP contribution in [0.2, 0.25) is 0 Å². The molecule has 2 aromatic rings. The standard InChI is InChI=1S/C12H8N4O3/c17-12-8-2-1-5-13-11(8)14-9-4-3-7(16(18)19)6-10(9)15-12/h1-6H,(H,13,14)(H,15,17). The third kappa shape index (κ3) is 1.86. The molecule has 0 unspecified atom stereocenters. The van der Waals surface area contributed by atoms with Crippen molar-refractivity contribution in [1.29, 1.82) is 0 Å². The minimum atomic E-state index is -0.511. The third-order valence-electron chi connectivity index (χ3n) is 2.77. The lowest BCUT2D eigenvalue weighted by Crippen LogP contribution is -2.11. The van der Waals surface area contributed by atoms with Gasteiger partial charge in [-0.25, -0.2) is 4.98 Å². The highest BCUT2D eigenvalue weighted by molar-refractivity contribution is 6.11. The first-order valence-corrected chi connectivity index (χ1v) is 5.47. The van der Waals surface area contributed by atoms with Crippen molar-refractivity contribution in [3.8, 4) is 0 Å². The molecule has 3 rings (SSSR count). The summed E-state index contributed by atoms with van der Waals surface area (Å²) in [7, 11) is 0. The number of carbonyl (C=O) groups is 1. The second kappa shape index (κ2) is 4.05. The second-order valence-corrected chi connectivity index (χ2v) is 3.97. The van der Waals surface area contributed by atoms with Crippen LogP contribution in [0, 0.1) is 10.1 Å². The number of hydrogen-bond donors (Lipinski definition) is 2. The average molecular weight is 256 g/mol. The number of hydrogen-bond acceptors (Lipinski definition) is 5. The molecule has 0 aliphatic carbocycles. The van der Waals surface area contributed by atoms with Crippen LogP contribution in [0.3, 0.4) is 0 Å². The number of pyridine rings is 1. The molecule has 0 fully saturated rings. The van der Waals surface area contributed by atoms with Crippen molar-refractivity contribution in [1.82, 2.24) is 4.98 Å². The topological polar surface area (TPSA) is 97.2 Å². The second-order valence-electron chi connectivity index (χ2n) is 3.97. The Morgan fingerprint density at radius 2 is 2.00 bits per heavy atom. The predicted octanol–water partition coefficient (Wildman–Crippen LogP) is 2.30. The minimum absolute atomic E-state index is 0.0836. The first-order valence-electron chi connectivity index (χ1n) is 5.47. The van der Waals surface area contributed by atoms with Crippen LogP contribution in [0.5, 0.6) is 0 Å². The van der Waals surface area contributed by atoms with Crippen molar-refractivity contribution >= 4 is 28.8 Å². The molecule has 2 heterocycles. The number of non-ortho nitro benzene ring substituents is 1. The van der Waals surface area contributed by atoms with Crippen LogP contribution in [0.25, 0.3) is 0 Å². The van der Waals surface area contributed by atoms with E-state index in [1.165, 1.54) is 18.2 Å². The van der Waals surface area contributed by atoms with Gasteiger partial charge in [0.1, 0.15) is 5.82 Å². The number of nitro benzene ring substituents is 1. The molecule has 0 saturated carbocycles. The maximum atomic E-state index is 12.0. The normalized spacial score (nSPS) is 12.5. The van der Waals surface area contributed by atoms with Crippen molar-refractivity contribution in [2.24, 2.45) is 0 Å². The molecule has 1 aliphatic heterocycles. The Morgan fingerprint density at radius 1 is 1.16 bits per heavy atom. The maximum absolute atomic E-state index is 12.0. The summed E-state index contributed by atoms with van der Waals surface area (Å²) in [5.41, 5.74) is 1.23. The van der Waals surface area contributed by atoms with Gasteiger partial charge in [-0.3, -0.25) is 14.9 Å². The van der Waals surface area contributed by atoms with Crippen molar-refractivity contribution in [2.45, 2.75) is 0 Å². The van der Waals surface area contributed by atoms with Crippen LogP contribution >= 0.6 is 0 Å². The summed E-state index contributed by atoms with van der Waals surface area (Å²) >= 11 is 0. The number of aromatic nitrogens is 1. The first-order chi connectivity index (χ1) is 9.15. The molecule has 1 aromatic heterocycles. The zero-order chi connectivity index (χ0) is 13.4. The van der Waals surface area contributed by atoms with Crippen molar-refractivity contribution in [3.63, 3.8) is 0 Å². The predicted molar refractivity (Wildman–Crippen MR) is 68.6 cm³/mol. The van der Waals surface area contributed by atoms with Gasteiger partial charge in [-0.1, -0.05) is 0 Å². The Bertz CT molecular complexity index is 699. The molecule has 7 heteroatoms. The van der Waals surface area contributed by atoms with E-state index in [0.717, 1.165) is 0 Å². The molecule has 19 heavy (non-hydrogen) atoms. The molecule has 1 amide bonds. The Hall–Kier alpha value is -2.96. The molecule has 7 nitrogen and oxygen atoms in total. The minimum Gasteiger partial charge on any atom is -0.338 e. The molecule has 0 saturated heterocycles. The van der Waals surface area contributed by atoms with E-state index in [1.54, 1.807) is 18.3 Å². The lowest BCUT2D eigenvalue weighted by molar-refractivity contribution is -0.384. The fourth-order valence-electron chi connectivity index (χ4n) is 1.86. The van der Waals surface area contributed by atoms with E-state index in [4.69, 9.17) is 0 Å². The van der Waals surface area contributed by atoms with Crippen LogP contribution in [0.1, 0.15) is 10.4 Å². The summed E-state index contributed by atoms with van der Waals surface area (Å²) in [4.78, 5) is 26.3. The van der Waals surface area contributed by atoms with Crippen molar-refractivity contribution in [2.75, 3.05) is 10.6 Å². The average Bonchev–Trinajstić information content (AvgIpc) is 2.54. The van der Waals surface area contributed by atoms with Crippen LogP contribution in [-0.4, -0.2) is 15.8 Å². The molecule has 0 atom stereocenters. The van der Waals surface area contributed by atoms with Gasteiger partial charge < -0.3 is 10.6 Å². The zero-order valence-corrected chi connectivity index (χ0v) is 9.58. The number of nitro groups is 1. The summed E-state index contributed by atoms with van der Waals surface area (Å²) in [5.74, 6) is 0.0717. The number of anilines is 3. The van der Waals surface area contributed by atoms with E-state index < -0.39 is 4.92 Å². The number of rotatable bonds is 1. The number of nitrogens with zero attached hydrogens (tertiary/aromatic N) is 2. The molecule has 1 aliphatic rings. The quantitative estimate of drug-likeness (QED) is 0.602. The highest BCUT2D eigenvalue weighted by Gasteiger charge is 2.21. The van der Waals surface area contributed by atoms with Gasteiger partial charge in [0.2, 0.25) is 0 Å². The summed E-state index contributed by atoms with van der Waals surface area (Å²) in [6, 6.07) is 7.50.